The van der Waals surface area contributed by atoms with Crippen molar-refractivity contribution in [1.29, 1.82) is 0 Å². The molecule has 6 heteroatoms. The molecular weight excluding hydrogens is 236 g/mol. The topological polar surface area (TPSA) is 70.1 Å². The monoisotopic (exact) mass is 260 g/mol. The Hall–Kier alpha value is -1.30. The number of carbonyl (C=O) groups is 2. The van der Waals surface area contributed by atoms with Gasteiger partial charge in [0.2, 0.25) is 0 Å². The summed E-state index contributed by atoms with van der Waals surface area (Å²) in [5, 5.41) is 8.60. The van der Waals surface area contributed by atoms with Gasteiger partial charge in [0.1, 0.15) is 0 Å². The number of ether oxygens (including phenoxy) is 1. The molecule has 0 aliphatic carbocycles. The Labute approximate surface area is 109 Å². The van der Waals surface area contributed by atoms with Crippen molar-refractivity contribution in [3.8, 4) is 0 Å². The van der Waals surface area contributed by atoms with Gasteiger partial charge in [-0.3, -0.25) is 4.79 Å². The molecule has 0 spiro atoms. The Kier molecular flexibility index (Phi) is 8.11. The predicted octanol–water partition coefficient (Wildman–Crippen LogP) is 1.12. The fraction of sp³-hybridized carbons (Fsp3) is 0.833. The first-order valence-corrected chi connectivity index (χ1v) is 6.09. The van der Waals surface area contributed by atoms with Crippen molar-refractivity contribution < 1.29 is 19.4 Å². The SMILES string of the molecule is COCCN(CC(C)C)C(=O)N(C)CCC(=O)O. The third-order valence-corrected chi connectivity index (χ3v) is 2.41. The fourth-order valence-corrected chi connectivity index (χ4v) is 1.51. The van der Waals surface area contributed by atoms with Crippen LogP contribution in [0.15, 0.2) is 0 Å². The summed E-state index contributed by atoms with van der Waals surface area (Å²) in [6, 6.07) is -0.151. The summed E-state index contributed by atoms with van der Waals surface area (Å²) in [5.74, 6) is -0.541. The zero-order valence-electron chi connectivity index (χ0n) is 11.7. The molecule has 0 aromatic heterocycles. The van der Waals surface area contributed by atoms with Crippen molar-refractivity contribution >= 4 is 12.0 Å². The van der Waals surface area contributed by atoms with E-state index >= 15 is 0 Å². The number of carboxylic acid groups (broad SMARTS) is 1. The van der Waals surface area contributed by atoms with Crippen molar-refractivity contribution in [2.24, 2.45) is 5.92 Å². The average molecular weight is 260 g/mol. The Morgan fingerprint density at radius 2 is 1.89 bits per heavy atom. The molecule has 0 saturated heterocycles. The van der Waals surface area contributed by atoms with Gasteiger partial charge in [0.15, 0.2) is 0 Å². The molecule has 0 aliphatic heterocycles. The van der Waals surface area contributed by atoms with Gasteiger partial charge in [0, 0.05) is 33.8 Å². The maximum absolute atomic E-state index is 12.1. The van der Waals surface area contributed by atoms with E-state index < -0.39 is 5.97 Å². The maximum Gasteiger partial charge on any atom is 0.319 e. The predicted molar refractivity (Wildman–Crippen MR) is 68.6 cm³/mol. The van der Waals surface area contributed by atoms with Crippen LogP contribution in [0.1, 0.15) is 20.3 Å². The summed E-state index contributed by atoms with van der Waals surface area (Å²) in [4.78, 5) is 25.7. The second-order valence-electron chi connectivity index (χ2n) is 4.68. The van der Waals surface area contributed by atoms with Gasteiger partial charge in [0.05, 0.1) is 13.0 Å². The highest BCUT2D eigenvalue weighted by molar-refractivity contribution is 5.75. The molecule has 0 bridgehead atoms. The number of hydrogen-bond acceptors (Lipinski definition) is 3. The standard InChI is InChI=1S/C12H24N2O4/c1-10(2)9-14(7-8-18-4)12(17)13(3)6-5-11(15)16/h10H,5-9H2,1-4H3,(H,15,16). The minimum absolute atomic E-state index is 0.0396. The number of methoxy groups -OCH3 is 1. The van der Waals surface area contributed by atoms with Crippen LogP contribution in [-0.4, -0.2) is 67.3 Å². The molecule has 18 heavy (non-hydrogen) atoms. The van der Waals surface area contributed by atoms with Crippen molar-refractivity contribution in [2.75, 3.05) is 40.4 Å². The fourth-order valence-electron chi connectivity index (χ4n) is 1.51. The number of nitrogens with zero attached hydrogens (tertiary/aromatic N) is 2. The summed E-state index contributed by atoms with van der Waals surface area (Å²) in [7, 11) is 3.21. The molecule has 106 valence electrons. The van der Waals surface area contributed by atoms with E-state index in [1.807, 2.05) is 13.8 Å². The van der Waals surface area contributed by atoms with Crippen LogP contribution < -0.4 is 0 Å². The van der Waals surface area contributed by atoms with Crippen molar-refractivity contribution in [3.63, 3.8) is 0 Å². The number of hydrogen-bond donors (Lipinski definition) is 1. The molecule has 0 atom stereocenters. The number of carbonyl (C=O) groups excluding carboxylic acids is 1. The van der Waals surface area contributed by atoms with E-state index in [0.29, 0.717) is 25.6 Å². The highest BCUT2D eigenvalue weighted by Gasteiger charge is 2.19. The van der Waals surface area contributed by atoms with Gasteiger partial charge < -0.3 is 19.6 Å². The van der Waals surface area contributed by atoms with E-state index in [1.165, 1.54) is 4.90 Å². The van der Waals surface area contributed by atoms with Crippen molar-refractivity contribution in [2.45, 2.75) is 20.3 Å². The van der Waals surface area contributed by atoms with E-state index in [1.54, 1.807) is 19.1 Å². The first kappa shape index (κ1) is 16.7. The van der Waals surface area contributed by atoms with E-state index in [4.69, 9.17) is 9.84 Å². The lowest BCUT2D eigenvalue weighted by molar-refractivity contribution is -0.137. The van der Waals surface area contributed by atoms with Crippen LogP contribution in [0.3, 0.4) is 0 Å². The molecular formula is C12H24N2O4. The molecule has 0 rings (SSSR count). The zero-order valence-corrected chi connectivity index (χ0v) is 11.7. The van der Waals surface area contributed by atoms with E-state index in [2.05, 4.69) is 0 Å². The van der Waals surface area contributed by atoms with Crippen molar-refractivity contribution in [1.82, 2.24) is 9.80 Å². The molecule has 0 heterocycles. The lowest BCUT2D eigenvalue weighted by Crippen LogP contribution is -2.44. The summed E-state index contributed by atoms with van der Waals surface area (Å²) in [6.45, 7) is 5.92. The quantitative estimate of drug-likeness (QED) is 0.710. The average Bonchev–Trinajstić information content (AvgIpc) is 2.29. The minimum atomic E-state index is -0.901. The molecule has 0 aliphatic rings. The van der Waals surface area contributed by atoms with Gasteiger partial charge in [-0.15, -0.1) is 0 Å². The minimum Gasteiger partial charge on any atom is -0.481 e. The van der Waals surface area contributed by atoms with Gasteiger partial charge in [-0.25, -0.2) is 4.79 Å². The Morgan fingerprint density at radius 3 is 2.33 bits per heavy atom. The Bertz CT molecular complexity index is 269. The number of amides is 2. The lowest BCUT2D eigenvalue weighted by Gasteiger charge is -2.29. The molecule has 0 aromatic rings. The van der Waals surface area contributed by atoms with Gasteiger partial charge in [-0.05, 0) is 5.92 Å². The third-order valence-electron chi connectivity index (χ3n) is 2.41. The lowest BCUT2D eigenvalue weighted by atomic mass is 10.2. The van der Waals surface area contributed by atoms with E-state index in [0.717, 1.165) is 0 Å². The van der Waals surface area contributed by atoms with Crippen LogP contribution in [0.5, 0.6) is 0 Å². The Balaban J connectivity index is 4.37. The molecule has 0 saturated carbocycles. The molecule has 0 unspecified atom stereocenters. The van der Waals surface area contributed by atoms with Crippen LogP contribution >= 0.6 is 0 Å². The van der Waals surface area contributed by atoms with Gasteiger partial charge >= 0.3 is 12.0 Å². The van der Waals surface area contributed by atoms with Crippen LogP contribution in [0.4, 0.5) is 4.79 Å². The third kappa shape index (κ3) is 7.11. The van der Waals surface area contributed by atoms with Crippen LogP contribution in [0, 0.1) is 5.92 Å². The number of aliphatic carboxylic acids is 1. The second kappa shape index (κ2) is 8.74. The van der Waals surface area contributed by atoms with Gasteiger partial charge in [-0.2, -0.15) is 0 Å². The summed E-state index contributed by atoms with van der Waals surface area (Å²) >= 11 is 0. The summed E-state index contributed by atoms with van der Waals surface area (Å²) in [6.07, 6.45) is -0.0396. The molecule has 0 fully saturated rings. The maximum atomic E-state index is 12.1. The van der Waals surface area contributed by atoms with Crippen molar-refractivity contribution in [3.05, 3.63) is 0 Å². The first-order valence-electron chi connectivity index (χ1n) is 6.09. The molecule has 6 nitrogen and oxygen atoms in total. The summed E-state index contributed by atoms with van der Waals surface area (Å²) in [5.41, 5.74) is 0. The highest BCUT2D eigenvalue weighted by Crippen LogP contribution is 2.03. The van der Waals surface area contributed by atoms with Crippen LogP contribution in [-0.2, 0) is 9.53 Å². The van der Waals surface area contributed by atoms with E-state index in [-0.39, 0.29) is 19.0 Å². The van der Waals surface area contributed by atoms with Crippen LogP contribution in [0.2, 0.25) is 0 Å². The highest BCUT2D eigenvalue weighted by atomic mass is 16.5. The number of urea groups is 1. The molecule has 2 amide bonds. The smallest absolute Gasteiger partial charge is 0.319 e. The van der Waals surface area contributed by atoms with Gasteiger partial charge in [0.25, 0.3) is 0 Å². The largest absolute Gasteiger partial charge is 0.481 e. The second-order valence-corrected chi connectivity index (χ2v) is 4.68. The summed E-state index contributed by atoms with van der Waals surface area (Å²) < 4.78 is 4.98. The number of carboxylic acids is 1. The molecule has 0 radical (unpaired) electrons. The Morgan fingerprint density at radius 1 is 1.28 bits per heavy atom. The van der Waals surface area contributed by atoms with Crippen LogP contribution in [0.25, 0.3) is 0 Å². The molecule has 1 N–H and O–H groups in total. The number of rotatable bonds is 8. The first-order chi connectivity index (χ1) is 8.38. The molecule has 0 aromatic carbocycles. The van der Waals surface area contributed by atoms with Gasteiger partial charge in [-0.1, -0.05) is 13.8 Å². The zero-order chi connectivity index (χ0) is 14.1. The van der Waals surface area contributed by atoms with E-state index in [9.17, 15) is 9.59 Å². The normalized spacial score (nSPS) is 10.5.